The fraction of sp³-hybridized carbons (Fsp3) is 0.588. The monoisotopic (exact) mass is 301 g/mol. The number of thioether (sulfide) groups is 1. The van der Waals surface area contributed by atoms with Gasteiger partial charge in [-0.25, -0.2) is 4.98 Å². The van der Waals surface area contributed by atoms with Crippen LogP contribution in [0.1, 0.15) is 32.1 Å². The Morgan fingerprint density at radius 1 is 1.14 bits per heavy atom. The first-order valence-corrected chi connectivity index (χ1v) is 9.20. The summed E-state index contributed by atoms with van der Waals surface area (Å²) in [7, 11) is 0. The number of fused-ring (bicyclic) bond motifs is 2. The van der Waals surface area contributed by atoms with E-state index in [1.54, 1.807) is 0 Å². The van der Waals surface area contributed by atoms with Gasteiger partial charge in [0.15, 0.2) is 5.16 Å². The van der Waals surface area contributed by atoms with Crippen LogP contribution in [0.4, 0.5) is 0 Å². The normalized spacial score (nSPS) is 26.9. The molecular formula is C17H23N3S. The molecule has 2 aliphatic heterocycles. The molecule has 0 bridgehead atoms. The maximum atomic E-state index is 4.69. The van der Waals surface area contributed by atoms with E-state index < -0.39 is 0 Å². The summed E-state index contributed by atoms with van der Waals surface area (Å²) in [6.45, 7) is 2.66. The minimum absolute atomic E-state index is 0.837. The summed E-state index contributed by atoms with van der Waals surface area (Å²) in [6, 6.07) is 9.15. The number of hydrogen-bond acceptors (Lipinski definition) is 3. The summed E-state index contributed by atoms with van der Waals surface area (Å²) in [4.78, 5) is 10.9. The van der Waals surface area contributed by atoms with E-state index in [9.17, 15) is 0 Å². The van der Waals surface area contributed by atoms with Gasteiger partial charge in [-0.05, 0) is 56.8 Å². The summed E-state index contributed by atoms with van der Waals surface area (Å²) in [5.41, 5.74) is 2.24. The number of nitrogens with zero attached hydrogens (tertiary/aromatic N) is 2. The van der Waals surface area contributed by atoms with E-state index in [2.05, 4.69) is 34.1 Å². The van der Waals surface area contributed by atoms with Crippen molar-refractivity contribution in [2.45, 2.75) is 43.3 Å². The number of piperidine rings is 2. The van der Waals surface area contributed by atoms with Crippen LogP contribution in [0.25, 0.3) is 11.0 Å². The predicted molar refractivity (Wildman–Crippen MR) is 88.8 cm³/mol. The fourth-order valence-electron chi connectivity index (χ4n) is 3.96. The molecule has 3 nitrogen and oxygen atoms in total. The molecule has 1 aromatic carbocycles. The van der Waals surface area contributed by atoms with Gasteiger partial charge in [0.05, 0.1) is 11.0 Å². The smallest absolute Gasteiger partial charge is 0.166 e. The molecule has 0 unspecified atom stereocenters. The van der Waals surface area contributed by atoms with Crippen LogP contribution in [0.5, 0.6) is 0 Å². The van der Waals surface area contributed by atoms with Crippen LogP contribution in [-0.4, -0.2) is 39.8 Å². The van der Waals surface area contributed by atoms with Gasteiger partial charge in [0.1, 0.15) is 0 Å². The summed E-state index contributed by atoms with van der Waals surface area (Å²) < 4.78 is 0. The van der Waals surface area contributed by atoms with Crippen molar-refractivity contribution < 1.29 is 0 Å². The van der Waals surface area contributed by atoms with E-state index in [4.69, 9.17) is 4.98 Å². The summed E-state index contributed by atoms with van der Waals surface area (Å²) in [5.74, 6) is 2.05. The molecule has 0 aliphatic carbocycles. The van der Waals surface area contributed by atoms with Crippen LogP contribution in [0.2, 0.25) is 0 Å². The molecule has 0 spiro atoms. The molecule has 112 valence electrons. The maximum absolute atomic E-state index is 4.69. The Morgan fingerprint density at radius 2 is 2.05 bits per heavy atom. The highest BCUT2D eigenvalue weighted by atomic mass is 32.2. The third-order valence-corrected chi connectivity index (χ3v) is 6.09. The van der Waals surface area contributed by atoms with Gasteiger partial charge in [0.25, 0.3) is 0 Å². The molecule has 0 radical (unpaired) electrons. The SMILES string of the molecule is c1ccc2[nH]c(SC[C@@H]3CCCN4CCCC[C@@H]34)nc2c1. The highest BCUT2D eigenvalue weighted by Crippen LogP contribution is 2.34. The van der Waals surface area contributed by atoms with Crippen molar-refractivity contribution in [1.82, 2.24) is 14.9 Å². The van der Waals surface area contributed by atoms with Gasteiger partial charge in [0.2, 0.25) is 0 Å². The van der Waals surface area contributed by atoms with Crippen molar-refractivity contribution in [2.75, 3.05) is 18.8 Å². The maximum Gasteiger partial charge on any atom is 0.166 e. The van der Waals surface area contributed by atoms with Crippen molar-refractivity contribution in [3.05, 3.63) is 24.3 Å². The third kappa shape index (κ3) is 2.84. The number of imidazole rings is 1. The van der Waals surface area contributed by atoms with Gasteiger partial charge in [-0.2, -0.15) is 0 Å². The van der Waals surface area contributed by atoms with E-state index in [1.807, 2.05) is 11.8 Å². The average Bonchev–Trinajstić information content (AvgIpc) is 2.96. The van der Waals surface area contributed by atoms with Crippen molar-refractivity contribution in [3.8, 4) is 0 Å². The number of H-pyrrole nitrogens is 1. The van der Waals surface area contributed by atoms with E-state index in [0.29, 0.717) is 0 Å². The van der Waals surface area contributed by atoms with E-state index in [1.165, 1.54) is 50.9 Å². The fourth-order valence-corrected chi connectivity index (χ4v) is 5.06. The first-order chi connectivity index (χ1) is 10.4. The second-order valence-corrected chi connectivity index (χ2v) is 7.38. The first kappa shape index (κ1) is 13.6. The van der Waals surface area contributed by atoms with Crippen molar-refractivity contribution in [1.29, 1.82) is 0 Å². The molecule has 2 atom stereocenters. The van der Waals surface area contributed by atoms with Gasteiger partial charge in [0, 0.05) is 11.8 Å². The standard InChI is InChI=1S/C17H23N3S/c1-2-8-15-14(7-1)18-17(19-15)21-12-13-6-5-11-20-10-4-3-9-16(13)20/h1-2,7-8,13,16H,3-6,9-12H2,(H,18,19)/t13-,16-/m0/s1. The van der Waals surface area contributed by atoms with Crippen LogP contribution in [0.3, 0.4) is 0 Å². The third-order valence-electron chi connectivity index (χ3n) is 5.03. The molecule has 0 saturated carbocycles. The number of aromatic nitrogens is 2. The number of aromatic amines is 1. The largest absolute Gasteiger partial charge is 0.333 e. The van der Waals surface area contributed by atoms with Crippen molar-refractivity contribution in [2.24, 2.45) is 5.92 Å². The molecule has 2 fully saturated rings. The lowest BCUT2D eigenvalue weighted by Crippen LogP contribution is -2.48. The van der Waals surface area contributed by atoms with Crippen LogP contribution >= 0.6 is 11.8 Å². The highest BCUT2D eigenvalue weighted by molar-refractivity contribution is 7.99. The quantitative estimate of drug-likeness (QED) is 0.872. The number of para-hydroxylation sites is 2. The summed E-state index contributed by atoms with van der Waals surface area (Å²) in [5, 5.41) is 1.09. The van der Waals surface area contributed by atoms with E-state index in [0.717, 1.165) is 28.1 Å². The molecule has 3 heterocycles. The zero-order valence-corrected chi connectivity index (χ0v) is 13.2. The van der Waals surface area contributed by atoms with Gasteiger partial charge in [-0.1, -0.05) is 30.3 Å². The van der Waals surface area contributed by atoms with Gasteiger partial charge in [-0.3, -0.25) is 0 Å². The molecule has 2 aromatic rings. The van der Waals surface area contributed by atoms with Gasteiger partial charge >= 0.3 is 0 Å². The zero-order valence-electron chi connectivity index (χ0n) is 12.4. The van der Waals surface area contributed by atoms with Crippen LogP contribution in [0.15, 0.2) is 29.4 Å². The van der Waals surface area contributed by atoms with Crippen molar-refractivity contribution >= 4 is 22.8 Å². The Bertz CT molecular complexity index is 574. The van der Waals surface area contributed by atoms with E-state index in [-0.39, 0.29) is 0 Å². The molecule has 1 N–H and O–H groups in total. The summed E-state index contributed by atoms with van der Waals surface area (Å²) in [6.07, 6.45) is 7.01. The van der Waals surface area contributed by atoms with Crippen LogP contribution in [0, 0.1) is 5.92 Å². The molecule has 0 amide bonds. The Balaban J connectivity index is 1.43. The van der Waals surface area contributed by atoms with Crippen LogP contribution < -0.4 is 0 Å². The molecule has 21 heavy (non-hydrogen) atoms. The summed E-state index contributed by atoms with van der Waals surface area (Å²) >= 11 is 1.92. The number of nitrogens with one attached hydrogen (secondary N) is 1. The molecule has 2 aliphatic rings. The predicted octanol–water partition coefficient (Wildman–Crippen LogP) is 3.92. The second kappa shape index (κ2) is 6.01. The minimum Gasteiger partial charge on any atom is -0.333 e. The van der Waals surface area contributed by atoms with Gasteiger partial charge in [-0.15, -0.1) is 0 Å². The van der Waals surface area contributed by atoms with Crippen molar-refractivity contribution in [3.63, 3.8) is 0 Å². The Hall–Kier alpha value is -1.00. The molecule has 1 aromatic heterocycles. The lowest BCUT2D eigenvalue weighted by Gasteiger charge is -2.44. The molecular weight excluding hydrogens is 278 g/mol. The molecule has 2 saturated heterocycles. The van der Waals surface area contributed by atoms with Gasteiger partial charge < -0.3 is 9.88 Å². The minimum atomic E-state index is 0.837. The lowest BCUT2D eigenvalue weighted by molar-refractivity contribution is 0.0693. The molecule has 4 heteroatoms. The number of benzene rings is 1. The lowest BCUT2D eigenvalue weighted by atomic mass is 9.85. The topological polar surface area (TPSA) is 31.9 Å². The van der Waals surface area contributed by atoms with E-state index >= 15 is 0 Å². The Morgan fingerprint density at radius 3 is 3.00 bits per heavy atom. The second-order valence-electron chi connectivity index (χ2n) is 6.37. The number of rotatable bonds is 3. The average molecular weight is 301 g/mol. The number of hydrogen-bond donors (Lipinski definition) is 1. The zero-order chi connectivity index (χ0) is 14.1. The Kier molecular flexibility index (Phi) is 3.91. The van der Waals surface area contributed by atoms with Crippen LogP contribution in [-0.2, 0) is 0 Å². The molecule has 4 rings (SSSR count). The first-order valence-electron chi connectivity index (χ1n) is 8.22. The Labute approximate surface area is 130 Å². The highest BCUT2D eigenvalue weighted by Gasteiger charge is 2.32.